The summed E-state index contributed by atoms with van der Waals surface area (Å²) in [7, 11) is 1.67. The fourth-order valence-electron chi connectivity index (χ4n) is 3.28. The van der Waals surface area contributed by atoms with Gasteiger partial charge in [0.1, 0.15) is 5.75 Å². The van der Waals surface area contributed by atoms with Crippen LogP contribution in [0.15, 0.2) is 54.6 Å². The van der Waals surface area contributed by atoms with Gasteiger partial charge in [-0.05, 0) is 42.8 Å². The van der Waals surface area contributed by atoms with E-state index in [0.29, 0.717) is 25.4 Å². The molecule has 3 rings (SSSR count). The molecular weight excluding hydrogens is 382 g/mol. The highest BCUT2D eigenvalue weighted by atomic mass is 16.5. The van der Waals surface area contributed by atoms with Crippen molar-refractivity contribution in [1.82, 2.24) is 4.90 Å². The zero-order chi connectivity index (χ0) is 21.3. The number of ether oxygens (including phenoxy) is 2. The maximum atomic E-state index is 12.6. The second-order valence-electron chi connectivity index (χ2n) is 6.78. The maximum Gasteiger partial charge on any atom is 0.330 e. The number of benzene rings is 2. The van der Waals surface area contributed by atoms with Crippen molar-refractivity contribution in [1.29, 1.82) is 0 Å². The molecule has 2 aromatic rings. The molecule has 2 amide bonds. The van der Waals surface area contributed by atoms with Gasteiger partial charge in [0.2, 0.25) is 0 Å². The first-order chi connectivity index (χ1) is 14.6. The molecule has 1 aliphatic rings. The summed E-state index contributed by atoms with van der Waals surface area (Å²) in [5.74, 6) is 0.467. The number of carbonyl (C=O) groups excluding carboxylic acids is 2. The molecule has 1 saturated heterocycles. The summed E-state index contributed by atoms with van der Waals surface area (Å²) < 4.78 is 10.3. The lowest BCUT2D eigenvalue weighted by Gasteiger charge is -2.36. The van der Waals surface area contributed by atoms with Crippen LogP contribution in [-0.4, -0.2) is 56.8 Å². The van der Waals surface area contributed by atoms with Crippen LogP contribution >= 0.6 is 0 Å². The standard InChI is InChI=1S/C23H27N3O4/c1-3-30-22(27)13-10-18-8-11-19(12-9-18)24-23(28)26-16-14-25(15-17-26)20-6-4-5-7-21(20)29-2/h4-13H,3,14-17H2,1-2H3,(H,24,28)/b13-10+. The molecule has 1 aliphatic heterocycles. The van der Waals surface area contributed by atoms with Gasteiger partial charge < -0.3 is 24.6 Å². The summed E-state index contributed by atoms with van der Waals surface area (Å²) in [6, 6.07) is 15.1. The topological polar surface area (TPSA) is 71.1 Å². The van der Waals surface area contributed by atoms with Crippen LogP contribution in [0.1, 0.15) is 12.5 Å². The Bertz CT molecular complexity index is 888. The number of rotatable bonds is 6. The summed E-state index contributed by atoms with van der Waals surface area (Å²) in [4.78, 5) is 28.0. The molecule has 158 valence electrons. The number of carbonyl (C=O) groups is 2. The van der Waals surface area contributed by atoms with E-state index in [9.17, 15) is 9.59 Å². The third kappa shape index (κ3) is 5.53. The number of nitrogens with one attached hydrogen (secondary N) is 1. The Kier molecular flexibility index (Phi) is 7.32. The van der Waals surface area contributed by atoms with E-state index in [2.05, 4.69) is 10.2 Å². The first kappa shape index (κ1) is 21.2. The molecule has 0 aliphatic carbocycles. The molecule has 0 spiro atoms. The van der Waals surface area contributed by atoms with Gasteiger partial charge in [-0.25, -0.2) is 9.59 Å². The van der Waals surface area contributed by atoms with E-state index in [1.165, 1.54) is 6.08 Å². The Morgan fingerprint density at radius 3 is 2.40 bits per heavy atom. The predicted octanol–water partition coefficient (Wildman–Crippen LogP) is 3.63. The van der Waals surface area contributed by atoms with Crippen molar-refractivity contribution >= 4 is 29.5 Å². The van der Waals surface area contributed by atoms with Crippen LogP contribution in [0.5, 0.6) is 5.75 Å². The Balaban J connectivity index is 1.51. The van der Waals surface area contributed by atoms with Crippen LogP contribution in [-0.2, 0) is 9.53 Å². The average molecular weight is 409 g/mol. The van der Waals surface area contributed by atoms with Gasteiger partial charge in [-0.15, -0.1) is 0 Å². The number of hydrogen-bond donors (Lipinski definition) is 1. The van der Waals surface area contributed by atoms with Gasteiger partial charge in [0, 0.05) is 37.9 Å². The van der Waals surface area contributed by atoms with Crippen molar-refractivity contribution < 1.29 is 19.1 Å². The first-order valence-electron chi connectivity index (χ1n) is 9.99. The lowest BCUT2D eigenvalue weighted by molar-refractivity contribution is -0.137. The van der Waals surface area contributed by atoms with Crippen LogP contribution < -0.4 is 15.0 Å². The van der Waals surface area contributed by atoms with Gasteiger partial charge in [-0.2, -0.15) is 0 Å². The highest BCUT2D eigenvalue weighted by Crippen LogP contribution is 2.28. The number of para-hydroxylation sites is 2. The van der Waals surface area contributed by atoms with E-state index in [1.807, 2.05) is 48.5 Å². The number of esters is 1. The Morgan fingerprint density at radius 1 is 1.03 bits per heavy atom. The molecule has 0 unspecified atom stereocenters. The smallest absolute Gasteiger partial charge is 0.330 e. The molecule has 7 nitrogen and oxygen atoms in total. The molecule has 0 aromatic heterocycles. The number of amides is 2. The molecule has 1 heterocycles. The number of urea groups is 1. The summed E-state index contributed by atoms with van der Waals surface area (Å²) in [6.07, 6.45) is 3.07. The minimum atomic E-state index is -0.373. The number of methoxy groups -OCH3 is 1. The molecule has 30 heavy (non-hydrogen) atoms. The van der Waals surface area contributed by atoms with E-state index >= 15 is 0 Å². The molecule has 0 radical (unpaired) electrons. The zero-order valence-electron chi connectivity index (χ0n) is 17.3. The van der Waals surface area contributed by atoms with Crippen LogP contribution in [0, 0.1) is 0 Å². The largest absolute Gasteiger partial charge is 0.495 e. The maximum absolute atomic E-state index is 12.6. The third-order valence-corrected chi connectivity index (χ3v) is 4.85. The van der Waals surface area contributed by atoms with Crippen LogP contribution in [0.4, 0.5) is 16.2 Å². The molecular formula is C23H27N3O4. The van der Waals surface area contributed by atoms with Crippen LogP contribution in [0.2, 0.25) is 0 Å². The van der Waals surface area contributed by atoms with E-state index in [4.69, 9.17) is 9.47 Å². The second kappa shape index (κ2) is 10.3. The number of piperazine rings is 1. The average Bonchev–Trinajstić information content (AvgIpc) is 2.79. The SMILES string of the molecule is CCOC(=O)/C=C/c1ccc(NC(=O)N2CCN(c3ccccc3OC)CC2)cc1. The highest BCUT2D eigenvalue weighted by Gasteiger charge is 2.22. The molecule has 7 heteroatoms. The highest BCUT2D eigenvalue weighted by molar-refractivity contribution is 5.90. The summed E-state index contributed by atoms with van der Waals surface area (Å²) in [6.45, 7) is 4.86. The monoisotopic (exact) mass is 409 g/mol. The number of nitrogens with zero attached hydrogens (tertiary/aromatic N) is 2. The fraction of sp³-hybridized carbons (Fsp3) is 0.304. The van der Waals surface area contributed by atoms with Gasteiger partial charge in [0.15, 0.2) is 0 Å². The lowest BCUT2D eigenvalue weighted by atomic mass is 10.2. The van der Waals surface area contributed by atoms with Crippen LogP contribution in [0.3, 0.4) is 0 Å². The number of hydrogen-bond acceptors (Lipinski definition) is 5. The first-order valence-corrected chi connectivity index (χ1v) is 9.99. The van der Waals surface area contributed by atoms with Crippen molar-refractivity contribution in [3.05, 3.63) is 60.2 Å². The van der Waals surface area contributed by atoms with Crippen LogP contribution in [0.25, 0.3) is 6.08 Å². The van der Waals surface area contributed by atoms with Crippen molar-refractivity contribution in [3.63, 3.8) is 0 Å². The van der Waals surface area contributed by atoms with Gasteiger partial charge in [0.05, 0.1) is 19.4 Å². The summed E-state index contributed by atoms with van der Waals surface area (Å²) >= 11 is 0. The van der Waals surface area contributed by atoms with E-state index in [1.54, 1.807) is 25.0 Å². The Morgan fingerprint density at radius 2 is 1.73 bits per heavy atom. The van der Waals surface area contributed by atoms with Gasteiger partial charge in [-0.3, -0.25) is 0 Å². The molecule has 1 fully saturated rings. The van der Waals surface area contributed by atoms with Crippen molar-refractivity contribution in [3.8, 4) is 5.75 Å². The molecule has 0 atom stereocenters. The van der Waals surface area contributed by atoms with Crippen molar-refractivity contribution in [2.45, 2.75) is 6.92 Å². The zero-order valence-corrected chi connectivity index (χ0v) is 17.3. The quantitative estimate of drug-likeness (QED) is 0.583. The normalized spacial score (nSPS) is 13.9. The molecule has 0 bridgehead atoms. The van der Waals surface area contributed by atoms with Gasteiger partial charge in [0.25, 0.3) is 0 Å². The lowest BCUT2D eigenvalue weighted by Crippen LogP contribution is -2.50. The fourth-order valence-corrected chi connectivity index (χ4v) is 3.28. The van der Waals surface area contributed by atoms with Crippen molar-refractivity contribution in [2.75, 3.05) is 50.1 Å². The summed E-state index contributed by atoms with van der Waals surface area (Å²) in [5, 5.41) is 2.93. The van der Waals surface area contributed by atoms with Crippen molar-refractivity contribution in [2.24, 2.45) is 0 Å². The summed E-state index contributed by atoms with van der Waals surface area (Å²) in [5.41, 5.74) is 2.61. The minimum absolute atomic E-state index is 0.121. The third-order valence-electron chi connectivity index (χ3n) is 4.85. The predicted molar refractivity (Wildman–Crippen MR) is 118 cm³/mol. The van der Waals surface area contributed by atoms with E-state index in [-0.39, 0.29) is 12.0 Å². The number of anilines is 2. The van der Waals surface area contributed by atoms with E-state index in [0.717, 1.165) is 30.1 Å². The molecule has 2 aromatic carbocycles. The molecule has 1 N–H and O–H groups in total. The Labute approximate surface area is 176 Å². The Hall–Kier alpha value is -3.48. The molecule has 0 saturated carbocycles. The van der Waals surface area contributed by atoms with E-state index < -0.39 is 0 Å². The minimum Gasteiger partial charge on any atom is -0.495 e. The van der Waals surface area contributed by atoms with Gasteiger partial charge in [-0.1, -0.05) is 24.3 Å². The second-order valence-corrected chi connectivity index (χ2v) is 6.78. The van der Waals surface area contributed by atoms with Gasteiger partial charge >= 0.3 is 12.0 Å².